The van der Waals surface area contributed by atoms with E-state index in [-0.39, 0.29) is 11.3 Å². The molecule has 0 aliphatic heterocycles. The maximum atomic E-state index is 11.9. The smallest absolute Gasteiger partial charge is 0.267 e. The Hall–Kier alpha value is -2.30. The second-order valence-corrected chi connectivity index (χ2v) is 6.58. The van der Waals surface area contributed by atoms with Crippen LogP contribution in [0.2, 0.25) is 0 Å². The van der Waals surface area contributed by atoms with Crippen LogP contribution in [-0.4, -0.2) is 12.1 Å². The Labute approximate surface area is 137 Å². The number of benzene rings is 1. The molecular formula is C18H25N3O2. The van der Waals surface area contributed by atoms with E-state index in [0.29, 0.717) is 11.3 Å². The summed E-state index contributed by atoms with van der Waals surface area (Å²) in [6, 6.07) is 6.09. The summed E-state index contributed by atoms with van der Waals surface area (Å²) in [4.78, 5) is 22.2. The second kappa shape index (κ2) is 8.98. The van der Waals surface area contributed by atoms with Crippen LogP contribution in [0.15, 0.2) is 46.2 Å². The maximum absolute atomic E-state index is 11.9. The summed E-state index contributed by atoms with van der Waals surface area (Å²) in [6.07, 6.45) is 6.88. The van der Waals surface area contributed by atoms with Gasteiger partial charge in [0.25, 0.3) is 5.91 Å². The summed E-state index contributed by atoms with van der Waals surface area (Å²) in [5.41, 5.74) is 4.70. The van der Waals surface area contributed by atoms with E-state index in [0.717, 1.165) is 19.3 Å². The zero-order valence-electron chi connectivity index (χ0n) is 14.3. The first kappa shape index (κ1) is 18.7. The van der Waals surface area contributed by atoms with Gasteiger partial charge in [-0.15, -0.1) is 4.91 Å². The van der Waals surface area contributed by atoms with E-state index < -0.39 is 0 Å². The zero-order chi connectivity index (χ0) is 17.3. The summed E-state index contributed by atoms with van der Waals surface area (Å²) in [6.45, 7) is 8.57. The topological polar surface area (TPSA) is 70.9 Å². The van der Waals surface area contributed by atoms with Crippen LogP contribution < -0.4 is 5.43 Å². The lowest BCUT2D eigenvalue weighted by molar-refractivity contribution is 0.0955. The third kappa shape index (κ3) is 7.49. The molecule has 0 aliphatic rings. The van der Waals surface area contributed by atoms with Crippen LogP contribution in [0.1, 0.15) is 57.3 Å². The lowest BCUT2D eigenvalue weighted by Gasteiger charge is -2.21. The van der Waals surface area contributed by atoms with Crippen molar-refractivity contribution in [2.24, 2.45) is 15.7 Å². The van der Waals surface area contributed by atoms with Crippen LogP contribution in [0.25, 0.3) is 0 Å². The molecule has 0 heterocycles. The van der Waals surface area contributed by atoms with Gasteiger partial charge in [-0.2, -0.15) is 5.10 Å². The molecule has 1 aromatic rings. The van der Waals surface area contributed by atoms with Crippen LogP contribution in [0.3, 0.4) is 0 Å². The van der Waals surface area contributed by atoms with Crippen molar-refractivity contribution in [3.8, 4) is 0 Å². The lowest BCUT2D eigenvalue weighted by atomic mass is 9.85. The quantitative estimate of drug-likeness (QED) is 0.318. The van der Waals surface area contributed by atoms with E-state index in [4.69, 9.17) is 0 Å². The molecule has 0 saturated carbocycles. The Balaban J connectivity index is 2.43. The summed E-state index contributed by atoms with van der Waals surface area (Å²) in [7, 11) is 0. The minimum Gasteiger partial charge on any atom is -0.267 e. The molecule has 0 fully saturated rings. The van der Waals surface area contributed by atoms with Crippen LogP contribution in [0.4, 0.5) is 5.69 Å². The van der Waals surface area contributed by atoms with Crippen molar-refractivity contribution in [2.45, 2.75) is 47.0 Å². The SMILES string of the molecule is CC(C)=CCCC(C)(C)C/C=N/NC(=O)c1ccc(N=O)cc1. The van der Waals surface area contributed by atoms with Gasteiger partial charge in [0.2, 0.25) is 0 Å². The number of hydrazone groups is 1. The van der Waals surface area contributed by atoms with Gasteiger partial charge < -0.3 is 0 Å². The molecule has 0 saturated heterocycles. The number of hydrogen-bond donors (Lipinski definition) is 1. The zero-order valence-corrected chi connectivity index (χ0v) is 14.3. The predicted octanol–water partition coefficient (Wildman–Crippen LogP) is 4.96. The Morgan fingerprint density at radius 3 is 2.43 bits per heavy atom. The number of rotatable bonds is 8. The standard InChI is InChI=1S/C18H25N3O2/c1-14(2)6-5-11-18(3,4)12-13-19-20-17(22)15-7-9-16(21-23)10-8-15/h6-10,13H,5,11-12H2,1-4H3,(H,20,22)/b19-13+. The minimum atomic E-state index is -0.305. The molecule has 5 heteroatoms. The molecule has 5 nitrogen and oxygen atoms in total. The Kier molecular flexibility index (Phi) is 7.32. The van der Waals surface area contributed by atoms with E-state index in [1.807, 2.05) is 0 Å². The van der Waals surface area contributed by atoms with Gasteiger partial charge in [0, 0.05) is 11.8 Å². The summed E-state index contributed by atoms with van der Waals surface area (Å²) < 4.78 is 0. The average molecular weight is 315 g/mol. The van der Waals surface area contributed by atoms with Gasteiger partial charge in [0.1, 0.15) is 5.69 Å². The van der Waals surface area contributed by atoms with Crippen molar-refractivity contribution in [2.75, 3.05) is 0 Å². The first-order valence-corrected chi connectivity index (χ1v) is 7.73. The number of hydrogen-bond acceptors (Lipinski definition) is 4. The summed E-state index contributed by atoms with van der Waals surface area (Å²) in [5, 5.41) is 6.79. The molecule has 1 aromatic carbocycles. The number of nitrogens with one attached hydrogen (secondary N) is 1. The fourth-order valence-electron chi connectivity index (χ4n) is 1.99. The molecule has 0 unspecified atom stereocenters. The first-order chi connectivity index (χ1) is 10.8. The molecule has 0 radical (unpaired) electrons. The van der Waals surface area contributed by atoms with Crippen molar-refractivity contribution < 1.29 is 4.79 Å². The van der Waals surface area contributed by atoms with Crippen molar-refractivity contribution in [1.82, 2.24) is 5.43 Å². The third-order valence-electron chi connectivity index (χ3n) is 3.51. The van der Waals surface area contributed by atoms with Crippen molar-refractivity contribution in [1.29, 1.82) is 0 Å². The molecule has 0 aliphatic carbocycles. The van der Waals surface area contributed by atoms with Gasteiger partial charge >= 0.3 is 0 Å². The Bertz CT molecular complexity index is 583. The molecule has 124 valence electrons. The van der Waals surface area contributed by atoms with Gasteiger partial charge in [-0.3, -0.25) is 4.79 Å². The summed E-state index contributed by atoms with van der Waals surface area (Å²) in [5.74, 6) is -0.305. The largest absolute Gasteiger partial charge is 0.271 e. The molecule has 0 aromatic heterocycles. The normalized spacial score (nSPS) is 11.3. The summed E-state index contributed by atoms with van der Waals surface area (Å²) >= 11 is 0. The number of amides is 1. The van der Waals surface area contributed by atoms with Crippen molar-refractivity contribution >= 4 is 17.8 Å². The van der Waals surface area contributed by atoms with Gasteiger partial charge in [0.15, 0.2) is 0 Å². The monoisotopic (exact) mass is 315 g/mol. The Morgan fingerprint density at radius 1 is 1.22 bits per heavy atom. The lowest BCUT2D eigenvalue weighted by Crippen LogP contribution is -2.18. The van der Waals surface area contributed by atoms with Crippen LogP contribution in [0.5, 0.6) is 0 Å². The molecule has 1 rings (SSSR count). The molecule has 0 atom stereocenters. The highest BCUT2D eigenvalue weighted by atomic mass is 16.3. The minimum absolute atomic E-state index is 0.136. The Morgan fingerprint density at radius 2 is 1.87 bits per heavy atom. The van der Waals surface area contributed by atoms with Crippen LogP contribution >= 0.6 is 0 Å². The molecule has 1 amide bonds. The first-order valence-electron chi connectivity index (χ1n) is 7.73. The number of allylic oxidation sites excluding steroid dienone is 2. The highest BCUT2D eigenvalue weighted by Crippen LogP contribution is 2.26. The van der Waals surface area contributed by atoms with Gasteiger partial charge in [-0.05, 0) is 68.0 Å². The predicted molar refractivity (Wildman–Crippen MR) is 94.9 cm³/mol. The highest BCUT2D eigenvalue weighted by Gasteiger charge is 2.15. The molecular weight excluding hydrogens is 290 g/mol. The number of carbonyl (C=O) groups excluding carboxylic acids is 1. The van der Waals surface area contributed by atoms with Crippen LogP contribution in [0, 0.1) is 10.3 Å². The van der Waals surface area contributed by atoms with E-state index in [9.17, 15) is 9.70 Å². The second-order valence-electron chi connectivity index (χ2n) is 6.58. The molecule has 0 spiro atoms. The fourth-order valence-corrected chi connectivity index (χ4v) is 1.99. The van der Waals surface area contributed by atoms with E-state index in [1.165, 1.54) is 17.7 Å². The molecule has 0 bridgehead atoms. The molecule has 23 heavy (non-hydrogen) atoms. The molecule has 1 N–H and O–H groups in total. The average Bonchev–Trinajstić information content (AvgIpc) is 2.51. The van der Waals surface area contributed by atoms with Crippen molar-refractivity contribution in [3.63, 3.8) is 0 Å². The fraction of sp³-hybridized carbons (Fsp3) is 0.444. The van der Waals surface area contributed by atoms with Crippen molar-refractivity contribution in [3.05, 3.63) is 46.4 Å². The van der Waals surface area contributed by atoms with Gasteiger partial charge in [-0.1, -0.05) is 25.5 Å². The van der Waals surface area contributed by atoms with E-state index >= 15 is 0 Å². The number of carbonyl (C=O) groups is 1. The third-order valence-corrected chi connectivity index (χ3v) is 3.51. The van der Waals surface area contributed by atoms with Crippen LogP contribution in [-0.2, 0) is 0 Å². The van der Waals surface area contributed by atoms with E-state index in [2.05, 4.69) is 49.5 Å². The maximum Gasteiger partial charge on any atom is 0.271 e. The highest BCUT2D eigenvalue weighted by molar-refractivity contribution is 5.94. The number of nitroso groups, excluding NO2 is 1. The van der Waals surface area contributed by atoms with Gasteiger partial charge in [0.05, 0.1) is 0 Å². The number of nitrogens with zero attached hydrogens (tertiary/aromatic N) is 2. The van der Waals surface area contributed by atoms with Gasteiger partial charge in [-0.25, -0.2) is 5.43 Å². The van der Waals surface area contributed by atoms with E-state index in [1.54, 1.807) is 18.3 Å².